The largest absolute Gasteiger partial charge is 0.364 e. The maximum absolute atomic E-state index is 12.5. The number of primary amides is 1. The van der Waals surface area contributed by atoms with Crippen molar-refractivity contribution in [3.8, 4) is 0 Å². The molecule has 2 aromatic rings. The number of hydrogen-bond donors (Lipinski definition) is 2. The van der Waals surface area contributed by atoms with Crippen molar-refractivity contribution in [1.29, 1.82) is 0 Å². The molecule has 27 heavy (non-hydrogen) atoms. The van der Waals surface area contributed by atoms with Gasteiger partial charge in [0.05, 0.1) is 17.9 Å². The molecule has 2 amide bonds. The zero-order valence-corrected chi connectivity index (χ0v) is 15.3. The number of rotatable bonds is 4. The summed E-state index contributed by atoms with van der Waals surface area (Å²) in [6.45, 7) is 3.69. The van der Waals surface area contributed by atoms with Crippen molar-refractivity contribution in [2.24, 2.45) is 17.6 Å². The molecule has 8 nitrogen and oxygen atoms in total. The van der Waals surface area contributed by atoms with Gasteiger partial charge in [0.1, 0.15) is 5.69 Å². The first-order chi connectivity index (χ1) is 13.0. The van der Waals surface area contributed by atoms with Gasteiger partial charge in [-0.3, -0.25) is 9.59 Å². The van der Waals surface area contributed by atoms with Crippen LogP contribution in [0.4, 0.5) is 11.6 Å². The molecule has 3 atom stereocenters. The molecule has 2 aromatic heterocycles. The molecular weight excluding hydrogens is 344 g/mol. The molecule has 1 aliphatic heterocycles. The van der Waals surface area contributed by atoms with E-state index < -0.39 is 5.91 Å². The maximum Gasteiger partial charge on any atom is 0.267 e. The van der Waals surface area contributed by atoms with Gasteiger partial charge in [-0.1, -0.05) is 6.92 Å². The zero-order chi connectivity index (χ0) is 19.1. The molecule has 2 aliphatic rings. The lowest BCUT2D eigenvalue weighted by atomic mass is 9.80. The van der Waals surface area contributed by atoms with E-state index >= 15 is 0 Å². The van der Waals surface area contributed by atoms with E-state index in [9.17, 15) is 9.59 Å². The molecule has 1 aliphatic carbocycles. The van der Waals surface area contributed by atoms with Gasteiger partial charge in [-0.2, -0.15) is 0 Å². The van der Waals surface area contributed by atoms with Crippen LogP contribution >= 0.6 is 0 Å². The number of nitrogens with two attached hydrogens (primary N) is 1. The lowest BCUT2D eigenvalue weighted by molar-refractivity contribution is -0.117. The molecule has 0 spiro atoms. The number of hydrogen-bond acceptors (Lipinski definition) is 6. The number of carbonyl (C=O) groups is 2. The van der Waals surface area contributed by atoms with Crippen LogP contribution in [0, 0.1) is 11.8 Å². The second-order valence-corrected chi connectivity index (χ2v) is 7.26. The molecule has 1 saturated carbocycles. The first kappa shape index (κ1) is 17.4. The third-order valence-corrected chi connectivity index (χ3v) is 5.42. The van der Waals surface area contributed by atoms with Crippen molar-refractivity contribution < 1.29 is 9.59 Å². The summed E-state index contributed by atoms with van der Waals surface area (Å²) in [4.78, 5) is 38.7. The summed E-state index contributed by atoms with van der Waals surface area (Å²) in [6, 6.07) is 3.33. The number of anilines is 2. The van der Waals surface area contributed by atoms with E-state index in [1.165, 1.54) is 0 Å². The highest BCUT2D eigenvalue weighted by Crippen LogP contribution is 2.49. The van der Waals surface area contributed by atoms with Gasteiger partial charge in [-0.05, 0) is 30.9 Å². The highest BCUT2D eigenvalue weighted by Gasteiger charge is 2.48. The van der Waals surface area contributed by atoms with Gasteiger partial charge >= 0.3 is 0 Å². The Hall–Kier alpha value is -3.03. The average molecular weight is 366 g/mol. The van der Waals surface area contributed by atoms with E-state index in [2.05, 4.69) is 27.2 Å². The number of aromatic nitrogens is 3. The summed E-state index contributed by atoms with van der Waals surface area (Å²) in [5.41, 5.74) is 7.14. The Balaban J connectivity index is 1.84. The molecule has 4 rings (SSSR count). The Labute approximate surface area is 157 Å². The van der Waals surface area contributed by atoms with Gasteiger partial charge in [-0.25, -0.2) is 15.0 Å². The first-order valence-corrected chi connectivity index (χ1v) is 9.10. The summed E-state index contributed by atoms with van der Waals surface area (Å²) in [6.07, 6.45) is 7.14. The third kappa shape index (κ3) is 3.11. The zero-order valence-electron chi connectivity index (χ0n) is 15.3. The lowest BCUT2D eigenvalue weighted by Gasteiger charge is -2.45. The van der Waals surface area contributed by atoms with Gasteiger partial charge in [0, 0.05) is 36.8 Å². The molecular formula is C19H22N6O2. The van der Waals surface area contributed by atoms with Crippen molar-refractivity contribution in [2.75, 3.05) is 10.2 Å². The average Bonchev–Trinajstić information content (AvgIpc) is 3.48. The molecule has 1 fully saturated rings. The molecule has 0 aromatic carbocycles. The summed E-state index contributed by atoms with van der Waals surface area (Å²) in [5.74, 6) is 0.445. The smallest absolute Gasteiger partial charge is 0.267 e. The maximum atomic E-state index is 12.5. The molecule has 8 heteroatoms. The van der Waals surface area contributed by atoms with Crippen molar-refractivity contribution in [2.45, 2.75) is 38.8 Å². The Morgan fingerprint density at radius 2 is 1.93 bits per heavy atom. The van der Waals surface area contributed by atoms with Crippen LogP contribution in [-0.4, -0.2) is 32.8 Å². The minimum absolute atomic E-state index is 0.0250. The first-order valence-electron chi connectivity index (χ1n) is 9.10. The Morgan fingerprint density at radius 1 is 1.22 bits per heavy atom. The monoisotopic (exact) mass is 366 g/mol. The van der Waals surface area contributed by atoms with Crippen LogP contribution in [0.25, 0.3) is 0 Å². The number of nitrogens with one attached hydrogen (secondary N) is 1. The van der Waals surface area contributed by atoms with Crippen LogP contribution in [0.2, 0.25) is 0 Å². The van der Waals surface area contributed by atoms with Crippen LogP contribution in [0.1, 0.15) is 48.8 Å². The standard InChI is InChI=1S/C19H22N6O2/c1-10-16(24-19-21-6-3-7-22-19)13-8-14(18(20)27)23-9-15(13)25(11(2)26)17(10)12-4-5-12/h3,6-10,12,16-17H,4-5H2,1-2H3,(H2,20,27)(H,21,22,24)/t10-,16-,17?/m1/s1. The van der Waals surface area contributed by atoms with Gasteiger partial charge < -0.3 is 16.0 Å². The van der Waals surface area contributed by atoms with Crippen LogP contribution < -0.4 is 16.0 Å². The van der Waals surface area contributed by atoms with Crippen molar-refractivity contribution >= 4 is 23.5 Å². The van der Waals surface area contributed by atoms with E-state index in [0.29, 0.717) is 11.9 Å². The third-order valence-electron chi connectivity index (χ3n) is 5.42. The van der Waals surface area contributed by atoms with Crippen molar-refractivity contribution in [3.05, 3.63) is 42.0 Å². The summed E-state index contributed by atoms with van der Waals surface area (Å²) in [7, 11) is 0. The number of fused-ring (bicyclic) bond motifs is 1. The van der Waals surface area contributed by atoms with Gasteiger partial charge in [0.25, 0.3) is 5.91 Å². The molecule has 3 heterocycles. The van der Waals surface area contributed by atoms with Gasteiger partial charge in [0.15, 0.2) is 0 Å². The van der Waals surface area contributed by atoms with Gasteiger partial charge in [0.2, 0.25) is 11.9 Å². The second-order valence-electron chi connectivity index (χ2n) is 7.26. The minimum atomic E-state index is -0.598. The summed E-state index contributed by atoms with van der Waals surface area (Å²) in [5, 5.41) is 3.38. The highest BCUT2D eigenvalue weighted by atomic mass is 16.2. The van der Waals surface area contributed by atoms with Crippen LogP contribution in [0.5, 0.6) is 0 Å². The number of nitrogens with zero attached hydrogens (tertiary/aromatic N) is 4. The van der Waals surface area contributed by atoms with Crippen LogP contribution in [-0.2, 0) is 4.79 Å². The fraction of sp³-hybridized carbons (Fsp3) is 0.421. The Morgan fingerprint density at radius 3 is 2.52 bits per heavy atom. The van der Waals surface area contributed by atoms with E-state index in [1.54, 1.807) is 37.6 Å². The summed E-state index contributed by atoms with van der Waals surface area (Å²) < 4.78 is 0. The van der Waals surface area contributed by atoms with Crippen LogP contribution in [0.15, 0.2) is 30.7 Å². The van der Waals surface area contributed by atoms with E-state index in [0.717, 1.165) is 24.1 Å². The Kier molecular flexibility index (Phi) is 4.25. The minimum Gasteiger partial charge on any atom is -0.364 e. The van der Waals surface area contributed by atoms with E-state index in [1.807, 2.05) is 4.90 Å². The molecule has 1 unspecified atom stereocenters. The molecule has 0 bridgehead atoms. The number of carbonyl (C=O) groups excluding carboxylic acids is 2. The normalized spacial score (nSPS) is 24.2. The second kappa shape index (κ2) is 6.61. The Bertz CT molecular complexity index is 883. The molecule has 3 N–H and O–H groups in total. The van der Waals surface area contributed by atoms with Crippen molar-refractivity contribution in [3.63, 3.8) is 0 Å². The fourth-order valence-electron chi connectivity index (χ4n) is 4.10. The highest BCUT2D eigenvalue weighted by molar-refractivity contribution is 5.96. The molecule has 0 radical (unpaired) electrons. The molecule has 140 valence electrons. The van der Waals surface area contributed by atoms with Crippen molar-refractivity contribution in [1.82, 2.24) is 15.0 Å². The number of amides is 2. The van der Waals surface area contributed by atoms with Gasteiger partial charge in [-0.15, -0.1) is 0 Å². The predicted octanol–water partition coefficient (Wildman–Crippen LogP) is 1.90. The number of pyridine rings is 1. The van der Waals surface area contributed by atoms with E-state index in [-0.39, 0.29) is 29.6 Å². The van der Waals surface area contributed by atoms with E-state index in [4.69, 9.17) is 5.73 Å². The fourth-order valence-corrected chi connectivity index (χ4v) is 4.10. The van der Waals surface area contributed by atoms with Crippen LogP contribution in [0.3, 0.4) is 0 Å². The lowest BCUT2D eigenvalue weighted by Crippen LogP contribution is -2.51. The quantitative estimate of drug-likeness (QED) is 0.854. The molecule has 0 saturated heterocycles. The predicted molar refractivity (Wildman–Crippen MR) is 100.0 cm³/mol. The topological polar surface area (TPSA) is 114 Å². The summed E-state index contributed by atoms with van der Waals surface area (Å²) >= 11 is 0. The SMILES string of the molecule is CC(=O)N1c2cnc(C(N)=O)cc2[C@H](Nc2ncccn2)[C@@H](C)C1C1CC1.